The van der Waals surface area contributed by atoms with Crippen LogP contribution < -0.4 is 5.32 Å². The zero-order valence-electron chi connectivity index (χ0n) is 12.8. The van der Waals surface area contributed by atoms with E-state index in [1.165, 1.54) is 11.1 Å². The maximum Gasteiger partial charge on any atom is 0.234 e. The summed E-state index contributed by atoms with van der Waals surface area (Å²) in [6.45, 7) is 12.7. The van der Waals surface area contributed by atoms with Crippen LogP contribution in [0.15, 0.2) is 18.2 Å². The van der Waals surface area contributed by atoms with Crippen LogP contribution in [0, 0.1) is 13.8 Å². The number of carbonyl (C=O) groups is 1. The van der Waals surface area contributed by atoms with Crippen LogP contribution in [0.4, 0.5) is 0 Å². The number of rotatable bonds is 6. The standard InChI is InChI=1S/C16H26N2O/c1-6-18(7-2)11-16(19)17-14(5)15-9-8-12(3)13(4)10-15/h8-10,14H,6-7,11H2,1-5H3,(H,17,19). The van der Waals surface area contributed by atoms with Crippen molar-refractivity contribution in [3.05, 3.63) is 34.9 Å². The van der Waals surface area contributed by atoms with Crippen LogP contribution in [0.5, 0.6) is 0 Å². The SMILES string of the molecule is CCN(CC)CC(=O)NC(C)c1ccc(C)c(C)c1. The molecule has 0 saturated heterocycles. The maximum absolute atomic E-state index is 12.0. The van der Waals surface area contributed by atoms with Gasteiger partial charge in [0.25, 0.3) is 0 Å². The molecule has 1 atom stereocenters. The van der Waals surface area contributed by atoms with E-state index in [-0.39, 0.29) is 11.9 Å². The van der Waals surface area contributed by atoms with Gasteiger partial charge in [0.15, 0.2) is 0 Å². The maximum atomic E-state index is 12.0. The van der Waals surface area contributed by atoms with Crippen molar-refractivity contribution in [3.8, 4) is 0 Å². The van der Waals surface area contributed by atoms with Crippen LogP contribution in [0.1, 0.15) is 43.5 Å². The summed E-state index contributed by atoms with van der Waals surface area (Å²) in [5, 5.41) is 3.06. The van der Waals surface area contributed by atoms with Crippen molar-refractivity contribution in [2.75, 3.05) is 19.6 Å². The van der Waals surface area contributed by atoms with Crippen LogP contribution >= 0.6 is 0 Å². The van der Waals surface area contributed by atoms with E-state index in [1.54, 1.807) is 0 Å². The lowest BCUT2D eigenvalue weighted by atomic mass is 10.0. The van der Waals surface area contributed by atoms with Gasteiger partial charge in [-0.3, -0.25) is 9.69 Å². The first-order chi connectivity index (χ1) is 8.97. The molecular weight excluding hydrogens is 236 g/mol. The van der Waals surface area contributed by atoms with Gasteiger partial charge >= 0.3 is 0 Å². The Morgan fingerprint density at radius 1 is 1.21 bits per heavy atom. The molecule has 0 radical (unpaired) electrons. The van der Waals surface area contributed by atoms with Gasteiger partial charge < -0.3 is 5.32 Å². The highest BCUT2D eigenvalue weighted by Gasteiger charge is 2.12. The van der Waals surface area contributed by atoms with Gasteiger partial charge in [-0.1, -0.05) is 32.0 Å². The lowest BCUT2D eigenvalue weighted by Crippen LogP contribution is -2.38. The summed E-state index contributed by atoms with van der Waals surface area (Å²) in [7, 11) is 0. The summed E-state index contributed by atoms with van der Waals surface area (Å²) in [5.41, 5.74) is 3.71. The van der Waals surface area contributed by atoms with Gasteiger partial charge in [-0.2, -0.15) is 0 Å². The van der Waals surface area contributed by atoms with Crippen molar-refractivity contribution in [1.29, 1.82) is 0 Å². The second-order valence-corrected chi connectivity index (χ2v) is 5.09. The smallest absolute Gasteiger partial charge is 0.234 e. The molecule has 0 spiro atoms. The summed E-state index contributed by atoms with van der Waals surface area (Å²) in [6.07, 6.45) is 0. The van der Waals surface area contributed by atoms with E-state index in [2.05, 4.69) is 56.1 Å². The minimum Gasteiger partial charge on any atom is -0.348 e. The topological polar surface area (TPSA) is 32.3 Å². The molecule has 106 valence electrons. The van der Waals surface area contributed by atoms with E-state index in [0.29, 0.717) is 6.54 Å². The Labute approximate surface area is 117 Å². The molecule has 1 amide bonds. The first-order valence-electron chi connectivity index (χ1n) is 7.06. The third-order valence-electron chi connectivity index (χ3n) is 3.67. The zero-order chi connectivity index (χ0) is 14.4. The van der Waals surface area contributed by atoms with Gasteiger partial charge in [-0.25, -0.2) is 0 Å². The number of aryl methyl sites for hydroxylation is 2. The lowest BCUT2D eigenvalue weighted by Gasteiger charge is -2.20. The summed E-state index contributed by atoms with van der Waals surface area (Å²) in [6, 6.07) is 6.41. The Balaban J connectivity index is 2.61. The fourth-order valence-corrected chi connectivity index (χ4v) is 2.05. The lowest BCUT2D eigenvalue weighted by molar-refractivity contribution is -0.122. The van der Waals surface area contributed by atoms with E-state index in [0.717, 1.165) is 18.7 Å². The van der Waals surface area contributed by atoms with Crippen LogP contribution in [-0.4, -0.2) is 30.4 Å². The average molecular weight is 262 g/mol. The average Bonchev–Trinajstić information content (AvgIpc) is 2.38. The quantitative estimate of drug-likeness (QED) is 0.855. The highest BCUT2D eigenvalue weighted by atomic mass is 16.2. The van der Waals surface area contributed by atoms with Crippen molar-refractivity contribution in [2.24, 2.45) is 0 Å². The Bertz CT molecular complexity index is 425. The molecule has 1 aromatic carbocycles. The van der Waals surface area contributed by atoms with Gasteiger partial charge in [0.05, 0.1) is 12.6 Å². The van der Waals surface area contributed by atoms with Crippen molar-refractivity contribution >= 4 is 5.91 Å². The van der Waals surface area contributed by atoms with Crippen molar-refractivity contribution in [2.45, 2.75) is 40.7 Å². The van der Waals surface area contributed by atoms with E-state index >= 15 is 0 Å². The fourth-order valence-electron chi connectivity index (χ4n) is 2.05. The predicted molar refractivity (Wildman–Crippen MR) is 80.3 cm³/mol. The van der Waals surface area contributed by atoms with Gasteiger partial charge in [0.1, 0.15) is 0 Å². The van der Waals surface area contributed by atoms with E-state index in [1.807, 2.05) is 6.92 Å². The van der Waals surface area contributed by atoms with Crippen molar-refractivity contribution < 1.29 is 4.79 Å². The molecule has 3 nitrogen and oxygen atoms in total. The van der Waals surface area contributed by atoms with E-state index in [4.69, 9.17) is 0 Å². The first kappa shape index (κ1) is 15.7. The zero-order valence-corrected chi connectivity index (χ0v) is 12.8. The molecule has 1 rings (SSSR count). The number of nitrogens with one attached hydrogen (secondary N) is 1. The molecule has 0 aromatic heterocycles. The van der Waals surface area contributed by atoms with Gasteiger partial charge in [0, 0.05) is 0 Å². The second kappa shape index (κ2) is 7.29. The minimum atomic E-state index is 0.0577. The second-order valence-electron chi connectivity index (χ2n) is 5.09. The molecule has 19 heavy (non-hydrogen) atoms. The predicted octanol–water partition coefficient (Wildman–Crippen LogP) is 2.82. The highest BCUT2D eigenvalue weighted by molar-refractivity contribution is 5.78. The molecule has 0 saturated carbocycles. The third-order valence-corrected chi connectivity index (χ3v) is 3.67. The molecule has 3 heteroatoms. The van der Waals surface area contributed by atoms with Crippen LogP contribution in [0.2, 0.25) is 0 Å². The van der Waals surface area contributed by atoms with E-state index in [9.17, 15) is 4.79 Å². The molecule has 1 aromatic rings. The fraction of sp³-hybridized carbons (Fsp3) is 0.562. The van der Waals surface area contributed by atoms with Crippen LogP contribution in [0.3, 0.4) is 0 Å². The Kier molecular flexibility index (Phi) is 6.03. The summed E-state index contributed by atoms with van der Waals surface area (Å²) >= 11 is 0. The monoisotopic (exact) mass is 262 g/mol. The van der Waals surface area contributed by atoms with Crippen molar-refractivity contribution in [3.63, 3.8) is 0 Å². The first-order valence-corrected chi connectivity index (χ1v) is 7.06. The third kappa shape index (κ3) is 4.67. The van der Waals surface area contributed by atoms with Crippen LogP contribution in [0.25, 0.3) is 0 Å². The highest BCUT2D eigenvalue weighted by Crippen LogP contribution is 2.16. The number of carbonyl (C=O) groups excluding carboxylic acids is 1. The van der Waals surface area contributed by atoms with Gasteiger partial charge in [-0.05, 0) is 50.6 Å². The summed E-state index contributed by atoms with van der Waals surface area (Å²) in [4.78, 5) is 14.1. The molecule has 0 aliphatic heterocycles. The molecule has 0 heterocycles. The van der Waals surface area contributed by atoms with Crippen molar-refractivity contribution in [1.82, 2.24) is 10.2 Å². The molecule has 1 unspecified atom stereocenters. The number of likely N-dealkylation sites (N-methyl/N-ethyl adjacent to an activating group) is 1. The largest absolute Gasteiger partial charge is 0.348 e. The number of benzene rings is 1. The Morgan fingerprint density at radius 3 is 2.37 bits per heavy atom. The molecule has 0 aliphatic rings. The molecule has 0 aliphatic carbocycles. The molecule has 1 N–H and O–H groups in total. The Hall–Kier alpha value is -1.35. The normalized spacial score (nSPS) is 12.5. The summed E-state index contributed by atoms with van der Waals surface area (Å²) < 4.78 is 0. The Morgan fingerprint density at radius 2 is 1.84 bits per heavy atom. The minimum absolute atomic E-state index is 0.0577. The molecular formula is C16H26N2O. The number of nitrogens with zero attached hydrogens (tertiary/aromatic N) is 1. The number of hydrogen-bond acceptors (Lipinski definition) is 2. The number of amides is 1. The van der Waals surface area contributed by atoms with Gasteiger partial charge in [0.2, 0.25) is 5.91 Å². The summed E-state index contributed by atoms with van der Waals surface area (Å²) in [5.74, 6) is 0.0921. The van der Waals surface area contributed by atoms with Gasteiger partial charge in [-0.15, -0.1) is 0 Å². The number of hydrogen-bond donors (Lipinski definition) is 1. The van der Waals surface area contributed by atoms with E-state index < -0.39 is 0 Å². The molecule has 0 bridgehead atoms. The molecule has 0 fully saturated rings. The van der Waals surface area contributed by atoms with Crippen LogP contribution in [-0.2, 0) is 4.79 Å².